The Labute approximate surface area is 195 Å². The maximum atomic E-state index is 14.8. The van der Waals surface area contributed by atoms with Crippen LogP contribution >= 0.6 is 0 Å². The number of benzene rings is 1. The quantitative estimate of drug-likeness (QED) is 0.374. The summed E-state index contributed by atoms with van der Waals surface area (Å²) in [7, 11) is 0. The Kier molecular flexibility index (Phi) is 7.92. The minimum atomic E-state index is -3.42. The van der Waals surface area contributed by atoms with E-state index >= 15 is 0 Å². The van der Waals surface area contributed by atoms with Crippen molar-refractivity contribution in [1.82, 2.24) is 0 Å². The first-order valence-corrected chi connectivity index (χ1v) is 12.9. The van der Waals surface area contributed by atoms with Crippen molar-refractivity contribution in [2.45, 2.75) is 109 Å². The van der Waals surface area contributed by atoms with E-state index in [1.54, 1.807) is 0 Å². The third-order valence-electron chi connectivity index (χ3n) is 8.52. The molecule has 0 bridgehead atoms. The number of alkyl halides is 2. The lowest BCUT2D eigenvalue weighted by atomic mass is 9.68. The van der Waals surface area contributed by atoms with Crippen molar-refractivity contribution in [3.8, 4) is 5.75 Å². The lowest BCUT2D eigenvalue weighted by molar-refractivity contribution is -0.224. The van der Waals surface area contributed by atoms with Gasteiger partial charge in [-0.3, -0.25) is 0 Å². The molecule has 2 atom stereocenters. The molecule has 1 saturated heterocycles. The van der Waals surface area contributed by atoms with Gasteiger partial charge in [0.05, 0.1) is 18.1 Å². The molecule has 1 heterocycles. The third kappa shape index (κ3) is 5.86. The highest BCUT2D eigenvalue weighted by Crippen LogP contribution is 2.47. The molecule has 0 spiro atoms. The molecule has 4 rings (SSSR count). The van der Waals surface area contributed by atoms with E-state index in [9.17, 15) is 17.6 Å². The molecule has 2 saturated carbocycles. The van der Waals surface area contributed by atoms with E-state index in [0.717, 1.165) is 31.4 Å². The maximum absolute atomic E-state index is 14.8. The van der Waals surface area contributed by atoms with Crippen LogP contribution in [0.3, 0.4) is 0 Å². The van der Waals surface area contributed by atoms with E-state index in [0.29, 0.717) is 42.8 Å². The summed E-state index contributed by atoms with van der Waals surface area (Å²) >= 11 is 0. The van der Waals surface area contributed by atoms with E-state index in [1.807, 2.05) is 0 Å². The van der Waals surface area contributed by atoms with Crippen LogP contribution in [0, 0.1) is 42.2 Å². The molecular formula is C27H38F4O2. The summed E-state index contributed by atoms with van der Waals surface area (Å²) in [5, 5.41) is 0. The van der Waals surface area contributed by atoms with Crippen LogP contribution in [-0.2, 0) is 4.74 Å². The average Bonchev–Trinajstić information content (AvgIpc) is 3.26. The molecule has 1 aliphatic heterocycles. The van der Waals surface area contributed by atoms with E-state index in [4.69, 9.17) is 9.47 Å². The molecule has 0 radical (unpaired) electrons. The average molecular weight is 471 g/mol. The second-order valence-electron chi connectivity index (χ2n) is 10.6. The minimum Gasteiger partial charge on any atom is -0.432 e. The predicted molar refractivity (Wildman–Crippen MR) is 120 cm³/mol. The molecule has 1 aromatic rings. The molecule has 0 aromatic heterocycles. The Morgan fingerprint density at radius 1 is 0.848 bits per heavy atom. The SMILES string of the molecule is CCCC1CCC(C2CCC(C3CCC(C(F)(F)Oc4cc(F)c(C)c(F)c4)CC3)CC2)O1. The number of halogens is 4. The Morgan fingerprint density at radius 2 is 1.39 bits per heavy atom. The highest BCUT2D eigenvalue weighted by atomic mass is 19.3. The van der Waals surface area contributed by atoms with Gasteiger partial charge in [-0.25, -0.2) is 8.78 Å². The number of ether oxygens (including phenoxy) is 2. The van der Waals surface area contributed by atoms with E-state index < -0.39 is 29.4 Å². The fourth-order valence-corrected chi connectivity index (χ4v) is 6.45. The summed E-state index contributed by atoms with van der Waals surface area (Å²) in [6.45, 7) is 3.48. The van der Waals surface area contributed by atoms with Gasteiger partial charge in [-0.15, -0.1) is 0 Å². The highest BCUT2D eigenvalue weighted by molar-refractivity contribution is 5.30. The molecule has 2 aliphatic carbocycles. The monoisotopic (exact) mass is 470 g/mol. The van der Waals surface area contributed by atoms with Gasteiger partial charge in [-0.2, -0.15) is 8.78 Å². The van der Waals surface area contributed by atoms with Crippen LogP contribution in [0.15, 0.2) is 12.1 Å². The molecular weight excluding hydrogens is 432 g/mol. The summed E-state index contributed by atoms with van der Waals surface area (Å²) in [6.07, 6.45) is 9.22. The molecule has 0 N–H and O–H groups in total. The van der Waals surface area contributed by atoms with Gasteiger partial charge in [0.1, 0.15) is 17.4 Å². The normalized spacial score (nSPS) is 33.3. The Bertz CT molecular complexity index is 759. The molecule has 1 aromatic carbocycles. The summed E-state index contributed by atoms with van der Waals surface area (Å²) in [4.78, 5) is 0. The standard InChI is InChI=1S/C27H38F4O2/c1-3-4-22-13-14-26(32-22)20-7-5-18(6-8-20)19-9-11-21(12-10-19)27(30,31)33-23-15-24(28)17(2)25(29)16-23/h15-16,18-22,26H,3-14H2,1-2H3. The Balaban J connectivity index is 1.24. The molecule has 2 nitrogen and oxygen atoms in total. The molecule has 3 fully saturated rings. The largest absolute Gasteiger partial charge is 0.432 e. The van der Waals surface area contributed by atoms with Crippen LogP contribution in [-0.4, -0.2) is 18.3 Å². The van der Waals surface area contributed by atoms with Crippen molar-refractivity contribution in [1.29, 1.82) is 0 Å². The number of hydrogen-bond acceptors (Lipinski definition) is 2. The predicted octanol–water partition coefficient (Wildman–Crippen LogP) is 8.21. The van der Waals surface area contributed by atoms with Crippen molar-refractivity contribution in [2.75, 3.05) is 0 Å². The van der Waals surface area contributed by atoms with Crippen molar-refractivity contribution in [3.63, 3.8) is 0 Å². The molecule has 186 valence electrons. The lowest BCUT2D eigenvalue weighted by Crippen LogP contribution is -2.38. The molecule has 0 amide bonds. The molecule has 2 unspecified atom stereocenters. The summed E-state index contributed by atoms with van der Waals surface area (Å²) in [6, 6.07) is 1.68. The topological polar surface area (TPSA) is 18.5 Å². The first-order valence-electron chi connectivity index (χ1n) is 12.9. The minimum absolute atomic E-state index is 0.193. The van der Waals surface area contributed by atoms with Gasteiger partial charge in [0.2, 0.25) is 0 Å². The molecule has 3 aliphatic rings. The van der Waals surface area contributed by atoms with Crippen LogP contribution in [0.5, 0.6) is 5.75 Å². The summed E-state index contributed by atoms with van der Waals surface area (Å²) in [5.74, 6) is -1.34. The van der Waals surface area contributed by atoms with Gasteiger partial charge in [-0.1, -0.05) is 13.3 Å². The molecule has 33 heavy (non-hydrogen) atoms. The van der Waals surface area contributed by atoms with Crippen LogP contribution in [0.4, 0.5) is 17.6 Å². The van der Waals surface area contributed by atoms with Crippen molar-refractivity contribution < 1.29 is 27.0 Å². The lowest BCUT2D eigenvalue weighted by Gasteiger charge is -2.40. The van der Waals surface area contributed by atoms with Gasteiger partial charge in [0.15, 0.2) is 0 Å². The third-order valence-corrected chi connectivity index (χ3v) is 8.52. The van der Waals surface area contributed by atoms with Gasteiger partial charge in [-0.05, 0) is 95.3 Å². The zero-order valence-corrected chi connectivity index (χ0v) is 19.9. The van der Waals surface area contributed by atoms with E-state index in [-0.39, 0.29) is 5.56 Å². The number of rotatable bonds is 7. The van der Waals surface area contributed by atoms with Crippen LogP contribution in [0.25, 0.3) is 0 Å². The highest BCUT2D eigenvalue weighted by Gasteiger charge is 2.45. The van der Waals surface area contributed by atoms with Gasteiger partial charge in [0, 0.05) is 17.7 Å². The van der Waals surface area contributed by atoms with Crippen LogP contribution in [0.1, 0.15) is 89.5 Å². The fraction of sp³-hybridized carbons (Fsp3) is 0.778. The van der Waals surface area contributed by atoms with Crippen LogP contribution in [0.2, 0.25) is 0 Å². The second kappa shape index (κ2) is 10.5. The summed E-state index contributed by atoms with van der Waals surface area (Å²) in [5.41, 5.74) is -0.193. The number of hydrogen-bond donors (Lipinski definition) is 0. The molecule has 6 heteroatoms. The fourth-order valence-electron chi connectivity index (χ4n) is 6.45. The van der Waals surface area contributed by atoms with E-state index in [1.165, 1.54) is 51.9 Å². The summed E-state index contributed by atoms with van der Waals surface area (Å²) < 4.78 is 68.1. The van der Waals surface area contributed by atoms with Gasteiger partial charge >= 0.3 is 6.11 Å². The Hall–Kier alpha value is -1.30. The van der Waals surface area contributed by atoms with E-state index in [2.05, 4.69) is 6.92 Å². The first-order chi connectivity index (χ1) is 15.8. The van der Waals surface area contributed by atoms with Crippen LogP contribution < -0.4 is 4.74 Å². The second-order valence-corrected chi connectivity index (χ2v) is 10.6. The Morgan fingerprint density at radius 3 is 1.97 bits per heavy atom. The van der Waals surface area contributed by atoms with Gasteiger partial charge < -0.3 is 9.47 Å². The van der Waals surface area contributed by atoms with Crippen molar-refractivity contribution in [2.24, 2.45) is 23.7 Å². The van der Waals surface area contributed by atoms with Crippen molar-refractivity contribution in [3.05, 3.63) is 29.3 Å². The zero-order valence-electron chi connectivity index (χ0n) is 19.9. The zero-order chi connectivity index (χ0) is 23.6. The first kappa shape index (κ1) is 24.8. The van der Waals surface area contributed by atoms with Gasteiger partial charge in [0.25, 0.3) is 0 Å². The van der Waals surface area contributed by atoms with Crippen molar-refractivity contribution >= 4 is 0 Å². The maximum Gasteiger partial charge on any atom is 0.400 e. The smallest absolute Gasteiger partial charge is 0.400 e.